The lowest BCUT2D eigenvalue weighted by atomic mass is 9.94. The summed E-state index contributed by atoms with van der Waals surface area (Å²) in [7, 11) is 3.55. The van der Waals surface area contributed by atoms with Gasteiger partial charge in [0.15, 0.2) is 0 Å². The highest BCUT2D eigenvalue weighted by atomic mass is 16.4. The van der Waals surface area contributed by atoms with Crippen molar-refractivity contribution < 1.29 is 9.90 Å². The zero-order valence-corrected chi connectivity index (χ0v) is 11.0. The van der Waals surface area contributed by atoms with Crippen LogP contribution >= 0.6 is 0 Å². The van der Waals surface area contributed by atoms with Gasteiger partial charge in [0, 0.05) is 20.3 Å². The summed E-state index contributed by atoms with van der Waals surface area (Å²) in [6, 6.07) is 5.47. The van der Waals surface area contributed by atoms with Gasteiger partial charge in [-0.25, -0.2) is 4.79 Å². The van der Waals surface area contributed by atoms with Crippen LogP contribution in [0.2, 0.25) is 0 Å². The Hall–Kier alpha value is -2.28. The molecule has 0 radical (unpaired) electrons. The summed E-state index contributed by atoms with van der Waals surface area (Å²) < 4.78 is 0. The first-order chi connectivity index (χ1) is 8.36. The Labute approximate surface area is 107 Å². The molecule has 0 atom stereocenters. The van der Waals surface area contributed by atoms with Gasteiger partial charge in [-0.2, -0.15) is 5.26 Å². The molecule has 94 valence electrons. The first-order valence-corrected chi connectivity index (χ1v) is 5.50. The summed E-state index contributed by atoms with van der Waals surface area (Å²) in [5, 5.41) is 18.2. The molecule has 0 saturated carbocycles. The Morgan fingerprint density at radius 2 is 1.83 bits per heavy atom. The minimum Gasteiger partial charge on any atom is -0.478 e. The molecule has 0 aliphatic carbocycles. The van der Waals surface area contributed by atoms with Crippen LogP contribution in [0, 0.1) is 25.2 Å². The molecule has 1 N–H and O–H groups in total. The molecule has 0 heterocycles. The van der Waals surface area contributed by atoms with E-state index in [1.165, 1.54) is 0 Å². The highest BCUT2D eigenvalue weighted by Gasteiger charge is 2.16. The van der Waals surface area contributed by atoms with Crippen molar-refractivity contribution in [3.63, 3.8) is 0 Å². The fourth-order valence-electron chi connectivity index (χ4n) is 1.94. The third-order valence-electron chi connectivity index (χ3n) is 2.55. The number of benzene rings is 1. The molecule has 4 nitrogen and oxygen atoms in total. The minimum atomic E-state index is -0.973. The molecule has 0 aliphatic rings. The Balaban J connectivity index is 3.49. The van der Waals surface area contributed by atoms with E-state index in [1.807, 2.05) is 13.8 Å². The molecule has 18 heavy (non-hydrogen) atoms. The fraction of sp³-hybridized carbons (Fsp3) is 0.286. The highest BCUT2D eigenvalue weighted by Crippen LogP contribution is 2.25. The molecule has 0 saturated heterocycles. The van der Waals surface area contributed by atoms with E-state index in [-0.39, 0.29) is 5.57 Å². The number of nitriles is 1. The summed E-state index contributed by atoms with van der Waals surface area (Å²) in [6.07, 6.45) is 1.57. The van der Waals surface area contributed by atoms with Gasteiger partial charge in [-0.3, -0.25) is 0 Å². The van der Waals surface area contributed by atoms with Crippen LogP contribution in [0.4, 0.5) is 0 Å². The second-order valence-electron chi connectivity index (χ2n) is 4.41. The number of nitrogens with zero attached hydrogens (tertiary/aromatic N) is 2. The van der Waals surface area contributed by atoms with Crippen molar-refractivity contribution in [2.75, 3.05) is 14.1 Å². The van der Waals surface area contributed by atoms with Gasteiger partial charge in [0.25, 0.3) is 0 Å². The van der Waals surface area contributed by atoms with Gasteiger partial charge in [-0.05, 0) is 42.7 Å². The first-order valence-electron chi connectivity index (χ1n) is 5.50. The second kappa shape index (κ2) is 5.37. The molecule has 1 aromatic carbocycles. The molecule has 0 amide bonds. The fourth-order valence-corrected chi connectivity index (χ4v) is 1.94. The standard InChI is InChI=1S/C14H16N2O2/c1-9-5-11(7-15)6-10(2)13(9)12(14(17)18)8-16(3)4/h5-6,8H,1-4H3,(H,17,18)/b12-8-. The monoisotopic (exact) mass is 244 g/mol. The molecule has 0 aliphatic heterocycles. The maximum atomic E-state index is 11.3. The van der Waals surface area contributed by atoms with Gasteiger partial charge in [0.2, 0.25) is 0 Å². The summed E-state index contributed by atoms with van der Waals surface area (Å²) in [5.74, 6) is -0.973. The number of rotatable bonds is 3. The molecule has 1 rings (SSSR count). The van der Waals surface area contributed by atoms with Crippen molar-refractivity contribution >= 4 is 11.5 Å². The molecular weight excluding hydrogens is 228 g/mol. The molecular formula is C14H16N2O2. The Morgan fingerprint density at radius 1 is 1.33 bits per heavy atom. The van der Waals surface area contributed by atoms with Crippen molar-refractivity contribution in [3.05, 3.63) is 40.6 Å². The van der Waals surface area contributed by atoms with E-state index in [0.29, 0.717) is 11.1 Å². The predicted octanol–water partition coefficient (Wildman–Crippen LogP) is 2.16. The van der Waals surface area contributed by atoms with Crippen LogP contribution in [-0.2, 0) is 4.79 Å². The van der Waals surface area contributed by atoms with E-state index >= 15 is 0 Å². The number of aryl methyl sites for hydroxylation is 2. The van der Waals surface area contributed by atoms with Gasteiger partial charge in [0.05, 0.1) is 17.2 Å². The highest BCUT2D eigenvalue weighted by molar-refractivity contribution is 6.16. The molecule has 1 aromatic rings. The maximum absolute atomic E-state index is 11.3. The SMILES string of the molecule is Cc1cc(C#N)cc(C)c1/C(=C/N(C)C)C(=O)O. The lowest BCUT2D eigenvalue weighted by Gasteiger charge is -2.14. The number of hydrogen-bond donors (Lipinski definition) is 1. The van der Waals surface area contributed by atoms with E-state index in [0.717, 1.165) is 11.1 Å². The maximum Gasteiger partial charge on any atom is 0.337 e. The quantitative estimate of drug-likeness (QED) is 0.827. The largest absolute Gasteiger partial charge is 0.478 e. The number of hydrogen-bond acceptors (Lipinski definition) is 3. The molecule has 0 spiro atoms. The van der Waals surface area contributed by atoms with Crippen LogP contribution in [-0.4, -0.2) is 30.1 Å². The van der Waals surface area contributed by atoms with Crippen LogP contribution in [0.15, 0.2) is 18.3 Å². The van der Waals surface area contributed by atoms with Crippen molar-refractivity contribution in [2.24, 2.45) is 0 Å². The average Bonchev–Trinajstić information content (AvgIpc) is 2.25. The van der Waals surface area contributed by atoms with E-state index in [4.69, 9.17) is 5.26 Å². The Morgan fingerprint density at radius 3 is 2.17 bits per heavy atom. The molecule has 0 fully saturated rings. The summed E-state index contributed by atoms with van der Waals surface area (Å²) in [6.45, 7) is 3.63. The molecule has 4 heteroatoms. The summed E-state index contributed by atoms with van der Waals surface area (Å²) in [5.41, 5.74) is 3.04. The topological polar surface area (TPSA) is 64.3 Å². The van der Waals surface area contributed by atoms with Crippen molar-refractivity contribution in [3.8, 4) is 6.07 Å². The van der Waals surface area contributed by atoms with Gasteiger partial charge in [-0.1, -0.05) is 0 Å². The average molecular weight is 244 g/mol. The van der Waals surface area contributed by atoms with E-state index in [1.54, 1.807) is 37.3 Å². The zero-order chi connectivity index (χ0) is 13.9. The Bertz CT molecular complexity index is 528. The third-order valence-corrected chi connectivity index (χ3v) is 2.55. The number of carboxylic acid groups (broad SMARTS) is 1. The van der Waals surface area contributed by atoms with E-state index in [9.17, 15) is 9.90 Å². The molecule has 0 unspecified atom stereocenters. The summed E-state index contributed by atoms with van der Waals surface area (Å²) >= 11 is 0. The van der Waals surface area contributed by atoms with Crippen molar-refractivity contribution in [1.82, 2.24) is 4.90 Å². The third kappa shape index (κ3) is 2.89. The van der Waals surface area contributed by atoms with Gasteiger partial charge >= 0.3 is 5.97 Å². The van der Waals surface area contributed by atoms with Crippen LogP contribution < -0.4 is 0 Å². The number of carbonyl (C=O) groups is 1. The van der Waals surface area contributed by atoms with Gasteiger partial charge < -0.3 is 10.0 Å². The Kier molecular flexibility index (Phi) is 4.11. The number of carboxylic acids is 1. The van der Waals surface area contributed by atoms with E-state index < -0.39 is 5.97 Å². The molecule has 0 aromatic heterocycles. The second-order valence-corrected chi connectivity index (χ2v) is 4.41. The molecule has 0 bridgehead atoms. The van der Waals surface area contributed by atoms with Crippen LogP contribution in [0.1, 0.15) is 22.3 Å². The minimum absolute atomic E-state index is 0.236. The lowest BCUT2D eigenvalue weighted by Crippen LogP contribution is -2.10. The van der Waals surface area contributed by atoms with E-state index in [2.05, 4.69) is 6.07 Å². The smallest absolute Gasteiger partial charge is 0.337 e. The normalized spacial score (nSPS) is 10.9. The van der Waals surface area contributed by atoms with Crippen LogP contribution in [0.5, 0.6) is 0 Å². The van der Waals surface area contributed by atoms with Crippen LogP contribution in [0.25, 0.3) is 5.57 Å². The van der Waals surface area contributed by atoms with Crippen molar-refractivity contribution in [2.45, 2.75) is 13.8 Å². The van der Waals surface area contributed by atoms with Crippen LogP contribution in [0.3, 0.4) is 0 Å². The number of aliphatic carboxylic acids is 1. The predicted molar refractivity (Wildman–Crippen MR) is 69.9 cm³/mol. The van der Waals surface area contributed by atoms with Gasteiger partial charge in [0.1, 0.15) is 0 Å². The zero-order valence-electron chi connectivity index (χ0n) is 11.0. The lowest BCUT2D eigenvalue weighted by molar-refractivity contribution is -0.130. The van der Waals surface area contributed by atoms with Crippen molar-refractivity contribution in [1.29, 1.82) is 5.26 Å². The van der Waals surface area contributed by atoms with Gasteiger partial charge in [-0.15, -0.1) is 0 Å². The first kappa shape index (κ1) is 13.8. The summed E-state index contributed by atoms with van der Waals surface area (Å²) in [4.78, 5) is 13.0.